The highest BCUT2D eigenvalue weighted by Gasteiger charge is 2.11. The molecule has 0 aliphatic heterocycles. The van der Waals surface area contributed by atoms with Crippen molar-refractivity contribution in [3.05, 3.63) is 22.8 Å². The van der Waals surface area contributed by atoms with Gasteiger partial charge in [-0.3, -0.25) is 0 Å². The van der Waals surface area contributed by atoms with Gasteiger partial charge in [-0.1, -0.05) is 11.6 Å². The van der Waals surface area contributed by atoms with Crippen LogP contribution in [0.25, 0.3) is 0 Å². The Labute approximate surface area is 105 Å². The van der Waals surface area contributed by atoms with Crippen molar-refractivity contribution in [2.75, 3.05) is 32.2 Å². The summed E-state index contributed by atoms with van der Waals surface area (Å²) in [7, 11) is 3.50. The first-order valence-electron chi connectivity index (χ1n) is 5.15. The summed E-state index contributed by atoms with van der Waals surface area (Å²) in [6, 6.07) is 1.40. The standard InChI is InChI=1S/C11H15ClN2O3/c1-14(4-3-5-17-2)10-9(12)6-8(7-13-10)11(15)16/h6-7H,3-5H2,1-2H3,(H,15,16). The van der Waals surface area contributed by atoms with Crippen molar-refractivity contribution in [2.45, 2.75) is 6.42 Å². The number of rotatable bonds is 6. The number of carboxylic acid groups (broad SMARTS) is 1. The summed E-state index contributed by atoms with van der Waals surface area (Å²) in [6.07, 6.45) is 2.15. The highest BCUT2D eigenvalue weighted by molar-refractivity contribution is 6.33. The van der Waals surface area contributed by atoms with E-state index in [1.54, 1.807) is 7.11 Å². The molecule has 0 spiro atoms. The molecular weight excluding hydrogens is 244 g/mol. The molecule has 0 bridgehead atoms. The van der Waals surface area contributed by atoms with E-state index in [4.69, 9.17) is 21.4 Å². The summed E-state index contributed by atoms with van der Waals surface area (Å²) in [5.41, 5.74) is 0.0871. The average molecular weight is 259 g/mol. The summed E-state index contributed by atoms with van der Waals surface area (Å²) in [5, 5.41) is 9.12. The van der Waals surface area contributed by atoms with Crippen LogP contribution in [0, 0.1) is 0 Å². The molecule has 0 aliphatic rings. The van der Waals surface area contributed by atoms with Gasteiger partial charge in [0.25, 0.3) is 0 Å². The van der Waals surface area contributed by atoms with Crippen molar-refractivity contribution in [2.24, 2.45) is 0 Å². The van der Waals surface area contributed by atoms with E-state index in [1.807, 2.05) is 11.9 Å². The van der Waals surface area contributed by atoms with Gasteiger partial charge >= 0.3 is 5.97 Å². The molecule has 1 rings (SSSR count). The zero-order valence-electron chi connectivity index (χ0n) is 9.81. The Hall–Kier alpha value is -1.33. The minimum atomic E-state index is -1.03. The maximum absolute atomic E-state index is 10.7. The number of anilines is 1. The van der Waals surface area contributed by atoms with Crippen molar-refractivity contribution in [1.29, 1.82) is 0 Å². The van der Waals surface area contributed by atoms with Crippen molar-refractivity contribution < 1.29 is 14.6 Å². The second-order valence-corrected chi connectivity index (χ2v) is 4.01. The van der Waals surface area contributed by atoms with Gasteiger partial charge in [0, 0.05) is 33.5 Å². The van der Waals surface area contributed by atoms with Gasteiger partial charge < -0.3 is 14.7 Å². The Kier molecular flexibility index (Phi) is 5.18. The number of carboxylic acids is 1. The Morgan fingerprint density at radius 1 is 1.65 bits per heavy atom. The summed E-state index contributed by atoms with van der Waals surface area (Å²) in [4.78, 5) is 16.6. The van der Waals surface area contributed by atoms with Crippen LogP contribution in [0.5, 0.6) is 0 Å². The van der Waals surface area contributed by atoms with Crippen LogP contribution in [0.15, 0.2) is 12.3 Å². The van der Waals surface area contributed by atoms with Crippen molar-refractivity contribution in [1.82, 2.24) is 4.98 Å². The van der Waals surface area contributed by atoms with E-state index < -0.39 is 5.97 Å². The zero-order chi connectivity index (χ0) is 12.8. The van der Waals surface area contributed by atoms with E-state index in [0.717, 1.165) is 13.0 Å². The quantitative estimate of drug-likeness (QED) is 0.790. The van der Waals surface area contributed by atoms with Crippen LogP contribution < -0.4 is 4.90 Å². The van der Waals surface area contributed by atoms with Gasteiger partial charge in [0.15, 0.2) is 0 Å². The van der Waals surface area contributed by atoms with Gasteiger partial charge in [-0.2, -0.15) is 0 Å². The van der Waals surface area contributed by atoms with E-state index in [0.29, 0.717) is 17.4 Å². The summed E-state index contributed by atoms with van der Waals surface area (Å²) in [5.74, 6) is -0.458. The predicted molar refractivity (Wildman–Crippen MR) is 66.0 cm³/mol. The molecule has 1 aromatic rings. The number of aromatic nitrogens is 1. The van der Waals surface area contributed by atoms with Gasteiger partial charge in [0.1, 0.15) is 5.82 Å². The largest absolute Gasteiger partial charge is 0.478 e. The summed E-state index contributed by atoms with van der Waals surface area (Å²) >= 11 is 5.98. The molecule has 0 aromatic carbocycles. The Bertz CT molecular complexity index is 398. The molecule has 0 aliphatic carbocycles. The van der Waals surface area contributed by atoms with E-state index in [9.17, 15) is 4.79 Å². The number of methoxy groups -OCH3 is 1. The topological polar surface area (TPSA) is 62.7 Å². The number of nitrogens with zero attached hydrogens (tertiary/aromatic N) is 2. The van der Waals surface area contributed by atoms with Crippen molar-refractivity contribution >= 4 is 23.4 Å². The number of pyridine rings is 1. The lowest BCUT2D eigenvalue weighted by Crippen LogP contribution is -2.21. The highest BCUT2D eigenvalue weighted by atomic mass is 35.5. The third-order valence-corrected chi connectivity index (χ3v) is 2.55. The molecule has 1 heterocycles. The van der Waals surface area contributed by atoms with Crippen LogP contribution in [-0.4, -0.2) is 43.4 Å². The molecule has 6 heteroatoms. The maximum atomic E-state index is 10.7. The number of hydrogen-bond donors (Lipinski definition) is 1. The SMILES string of the molecule is COCCCN(C)c1ncc(C(=O)O)cc1Cl. The van der Waals surface area contributed by atoms with Crippen LogP contribution >= 0.6 is 11.6 Å². The van der Waals surface area contributed by atoms with E-state index in [1.165, 1.54) is 12.3 Å². The Morgan fingerprint density at radius 3 is 2.88 bits per heavy atom. The van der Waals surface area contributed by atoms with Gasteiger partial charge in [0.05, 0.1) is 10.6 Å². The van der Waals surface area contributed by atoms with Gasteiger partial charge in [-0.25, -0.2) is 9.78 Å². The lowest BCUT2D eigenvalue weighted by Gasteiger charge is -2.19. The Morgan fingerprint density at radius 2 is 2.35 bits per heavy atom. The first kappa shape index (κ1) is 13.7. The van der Waals surface area contributed by atoms with E-state index in [2.05, 4.69) is 4.98 Å². The minimum Gasteiger partial charge on any atom is -0.478 e. The molecule has 17 heavy (non-hydrogen) atoms. The maximum Gasteiger partial charge on any atom is 0.337 e. The molecule has 0 saturated carbocycles. The zero-order valence-corrected chi connectivity index (χ0v) is 10.6. The van der Waals surface area contributed by atoms with Gasteiger partial charge in [0.2, 0.25) is 0 Å². The molecule has 0 amide bonds. The summed E-state index contributed by atoms with van der Waals surface area (Å²) in [6.45, 7) is 1.40. The molecule has 94 valence electrons. The van der Waals surface area contributed by atoms with Crippen molar-refractivity contribution in [3.63, 3.8) is 0 Å². The number of aromatic carboxylic acids is 1. The molecule has 0 unspecified atom stereocenters. The molecule has 0 radical (unpaired) electrons. The second-order valence-electron chi connectivity index (χ2n) is 3.60. The lowest BCUT2D eigenvalue weighted by atomic mass is 10.3. The van der Waals surface area contributed by atoms with Crippen LogP contribution in [0.4, 0.5) is 5.82 Å². The molecule has 1 N–H and O–H groups in total. The van der Waals surface area contributed by atoms with Crippen LogP contribution in [-0.2, 0) is 4.74 Å². The lowest BCUT2D eigenvalue weighted by molar-refractivity contribution is 0.0696. The molecule has 0 saturated heterocycles. The third-order valence-electron chi connectivity index (χ3n) is 2.27. The predicted octanol–water partition coefficient (Wildman–Crippen LogP) is 1.91. The first-order chi connectivity index (χ1) is 8.06. The number of carbonyl (C=O) groups is 1. The number of ether oxygens (including phenoxy) is 1. The fourth-order valence-electron chi connectivity index (χ4n) is 1.38. The third kappa shape index (κ3) is 3.87. The summed E-state index contributed by atoms with van der Waals surface area (Å²) < 4.78 is 4.95. The van der Waals surface area contributed by atoms with Crippen LogP contribution in [0.3, 0.4) is 0 Å². The van der Waals surface area contributed by atoms with E-state index in [-0.39, 0.29) is 5.56 Å². The smallest absolute Gasteiger partial charge is 0.337 e. The fraction of sp³-hybridized carbons (Fsp3) is 0.455. The van der Waals surface area contributed by atoms with Gasteiger partial charge in [-0.05, 0) is 12.5 Å². The van der Waals surface area contributed by atoms with Gasteiger partial charge in [-0.15, -0.1) is 0 Å². The molecule has 5 nitrogen and oxygen atoms in total. The Balaban J connectivity index is 2.74. The molecular formula is C11H15ClN2O3. The minimum absolute atomic E-state index is 0.0871. The monoisotopic (exact) mass is 258 g/mol. The first-order valence-corrected chi connectivity index (χ1v) is 5.53. The van der Waals surface area contributed by atoms with Crippen molar-refractivity contribution in [3.8, 4) is 0 Å². The fourth-order valence-corrected chi connectivity index (χ4v) is 1.69. The molecule has 1 aromatic heterocycles. The van der Waals surface area contributed by atoms with Crippen LogP contribution in [0.1, 0.15) is 16.8 Å². The highest BCUT2D eigenvalue weighted by Crippen LogP contribution is 2.23. The normalized spacial score (nSPS) is 10.3. The molecule has 0 fully saturated rings. The van der Waals surface area contributed by atoms with E-state index >= 15 is 0 Å². The van der Waals surface area contributed by atoms with Crippen LogP contribution in [0.2, 0.25) is 5.02 Å². The molecule has 0 atom stereocenters. The second kappa shape index (κ2) is 6.42. The number of halogens is 1. The average Bonchev–Trinajstić information content (AvgIpc) is 2.28. The number of hydrogen-bond acceptors (Lipinski definition) is 4.